The lowest BCUT2D eigenvalue weighted by Crippen LogP contribution is -2.34. The molecule has 7 nitrogen and oxygen atoms in total. The molecular weight excluding hydrogens is 316 g/mol. The van der Waals surface area contributed by atoms with Gasteiger partial charge in [-0.25, -0.2) is 9.48 Å². The molecule has 138 valence electrons. The van der Waals surface area contributed by atoms with Crippen molar-refractivity contribution < 1.29 is 4.79 Å². The van der Waals surface area contributed by atoms with Crippen molar-refractivity contribution in [2.24, 2.45) is 0 Å². The minimum atomic E-state index is -0.241. The van der Waals surface area contributed by atoms with Crippen molar-refractivity contribution in [1.29, 1.82) is 0 Å². The van der Waals surface area contributed by atoms with Crippen LogP contribution in [0.3, 0.4) is 0 Å². The second-order valence-electron chi connectivity index (χ2n) is 8.41. The molecule has 0 spiro atoms. The maximum absolute atomic E-state index is 12.3. The van der Waals surface area contributed by atoms with Gasteiger partial charge in [0.25, 0.3) is 0 Å². The molecule has 0 radical (unpaired) electrons. The van der Waals surface area contributed by atoms with Crippen molar-refractivity contribution in [2.75, 3.05) is 11.9 Å². The van der Waals surface area contributed by atoms with E-state index in [0.717, 1.165) is 11.3 Å². The van der Waals surface area contributed by atoms with Crippen LogP contribution in [0, 0.1) is 6.92 Å². The predicted octanol–water partition coefficient (Wildman–Crippen LogP) is 3.26. The number of aromatic nitrogens is 4. The minimum absolute atomic E-state index is 0.0820. The molecule has 0 fully saturated rings. The Morgan fingerprint density at radius 3 is 2.40 bits per heavy atom. The molecule has 0 aliphatic carbocycles. The number of amides is 2. The van der Waals surface area contributed by atoms with Gasteiger partial charge in [-0.05, 0) is 33.3 Å². The highest BCUT2D eigenvalue weighted by atomic mass is 16.2. The van der Waals surface area contributed by atoms with Crippen LogP contribution in [0.15, 0.2) is 18.5 Å². The van der Waals surface area contributed by atoms with Crippen molar-refractivity contribution in [2.45, 2.75) is 66.0 Å². The SMILES string of the molecule is Cc1cnn(CCNC(=O)Nc2cc(C(C)(C)C)nn2C(C)(C)C)c1. The van der Waals surface area contributed by atoms with Crippen LogP contribution in [0.2, 0.25) is 0 Å². The zero-order chi connectivity index (χ0) is 18.8. The van der Waals surface area contributed by atoms with E-state index < -0.39 is 0 Å². The Morgan fingerprint density at radius 2 is 1.88 bits per heavy atom. The fourth-order valence-corrected chi connectivity index (χ4v) is 2.38. The van der Waals surface area contributed by atoms with Gasteiger partial charge in [-0.2, -0.15) is 10.2 Å². The lowest BCUT2D eigenvalue weighted by atomic mass is 9.92. The van der Waals surface area contributed by atoms with Gasteiger partial charge in [-0.1, -0.05) is 20.8 Å². The topological polar surface area (TPSA) is 76.8 Å². The summed E-state index contributed by atoms with van der Waals surface area (Å²) in [7, 11) is 0. The summed E-state index contributed by atoms with van der Waals surface area (Å²) in [5, 5.41) is 14.7. The van der Waals surface area contributed by atoms with Gasteiger partial charge < -0.3 is 5.32 Å². The van der Waals surface area contributed by atoms with Crippen LogP contribution in [0.25, 0.3) is 0 Å². The number of anilines is 1. The molecule has 2 aromatic heterocycles. The Hall–Kier alpha value is -2.31. The van der Waals surface area contributed by atoms with Crippen LogP contribution in [-0.2, 0) is 17.5 Å². The van der Waals surface area contributed by atoms with Crippen LogP contribution in [0.1, 0.15) is 52.8 Å². The Morgan fingerprint density at radius 1 is 1.20 bits per heavy atom. The van der Waals surface area contributed by atoms with E-state index in [1.807, 2.05) is 28.6 Å². The maximum Gasteiger partial charge on any atom is 0.320 e. The highest BCUT2D eigenvalue weighted by molar-refractivity contribution is 5.88. The van der Waals surface area contributed by atoms with Crippen LogP contribution >= 0.6 is 0 Å². The number of aryl methyl sites for hydroxylation is 1. The van der Waals surface area contributed by atoms with Crippen LogP contribution in [-0.4, -0.2) is 32.1 Å². The molecule has 0 atom stereocenters. The normalized spacial score (nSPS) is 12.3. The number of rotatable bonds is 4. The third-order valence-electron chi connectivity index (χ3n) is 3.74. The van der Waals surface area contributed by atoms with Gasteiger partial charge in [0.15, 0.2) is 0 Å². The predicted molar refractivity (Wildman–Crippen MR) is 99.9 cm³/mol. The molecule has 2 aromatic rings. The maximum atomic E-state index is 12.3. The molecule has 0 aliphatic rings. The van der Waals surface area contributed by atoms with Gasteiger partial charge in [0, 0.05) is 24.2 Å². The van der Waals surface area contributed by atoms with Crippen molar-refractivity contribution in [1.82, 2.24) is 24.9 Å². The molecule has 0 saturated heterocycles. The molecular formula is C18H30N6O. The van der Waals surface area contributed by atoms with Gasteiger partial charge in [0.2, 0.25) is 0 Å². The first kappa shape index (κ1) is 19.0. The molecule has 0 saturated carbocycles. The largest absolute Gasteiger partial charge is 0.336 e. The molecule has 2 N–H and O–H groups in total. The molecule has 2 heterocycles. The first-order valence-corrected chi connectivity index (χ1v) is 8.62. The van der Waals surface area contributed by atoms with Crippen molar-refractivity contribution in [3.05, 3.63) is 29.7 Å². The van der Waals surface area contributed by atoms with Crippen LogP contribution in [0.4, 0.5) is 10.6 Å². The second-order valence-corrected chi connectivity index (χ2v) is 8.41. The smallest absolute Gasteiger partial charge is 0.320 e. The number of carbonyl (C=O) groups excluding carboxylic acids is 1. The molecule has 2 amide bonds. The number of hydrogen-bond acceptors (Lipinski definition) is 3. The summed E-state index contributed by atoms with van der Waals surface area (Å²) < 4.78 is 3.68. The monoisotopic (exact) mass is 346 g/mol. The summed E-state index contributed by atoms with van der Waals surface area (Å²) in [4.78, 5) is 12.3. The Labute approximate surface area is 149 Å². The van der Waals surface area contributed by atoms with E-state index in [4.69, 9.17) is 5.10 Å². The fourth-order valence-electron chi connectivity index (χ4n) is 2.38. The number of hydrogen-bond donors (Lipinski definition) is 2. The van der Waals surface area contributed by atoms with Gasteiger partial charge in [0.1, 0.15) is 5.82 Å². The third-order valence-corrected chi connectivity index (χ3v) is 3.74. The molecule has 0 aliphatic heterocycles. The summed E-state index contributed by atoms with van der Waals surface area (Å²) in [6.07, 6.45) is 3.75. The Balaban J connectivity index is 2.02. The number of urea groups is 1. The van der Waals surface area contributed by atoms with E-state index in [1.165, 1.54) is 0 Å². The zero-order valence-corrected chi connectivity index (χ0v) is 16.3. The highest BCUT2D eigenvalue weighted by Gasteiger charge is 2.25. The van der Waals surface area contributed by atoms with E-state index in [-0.39, 0.29) is 17.0 Å². The molecule has 25 heavy (non-hydrogen) atoms. The minimum Gasteiger partial charge on any atom is -0.336 e. The van der Waals surface area contributed by atoms with E-state index >= 15 is 0 Å². The van der Waals surface area contributed by atoms with Gasteiger partial charge in [0.05, 0.1) is 24.0 Å². The van der Waals surface area contributed by atoms with Crippen LogP contribution in [0.5, 0.6) is 0 Å². The highest BCUT2D eigenvalue weighted by Crippen LogP contribution is 2.28. The number of nitrogens with one attached hydrogen (secondary N) is 2. The first-order valence-electron chi connectivity index (χ1n) is 8.62. The Bertz CT molecular complexity index is 730. The fraction of sp³-hybridized carbons (Fsp3) is 0.611. The average molecular weight is 346 g/mol. The van der Waals surface area contributed by atoms with Crippen molar-refractivity contribution in [3.63, 3.8) is 0 Å². The summed E-state index contributed by atoms with van der Waals surface area (Å²) in [6.45, 7) is 15.6. The van der Waals surface area contributed by atoms with Crippen molar-refractivity contribution >= 4 is 11.8 Å². The third kappa shape index (κ3) is 5.08. The van der Waals surface area contributed by atoms with Gasteiger partial charge in [-0.3, -0.25) is 10.00 Å². The quantitative estimate of drug-likeness (QED) is 0.892. The van der Waals surface area contributed by atoms with E-state index in [0.29, 0.717) is 18.9 Å². The van der Waals surface area contributed by atoms with Crippen molar-refractivity contribution in [3.8, 4) is 0 Å². The molecule has 0 bridgehead atoms. The molecule has 0 unspecified atom stereocenters. The number of nitrogens with zero attached hydrogens (tertiary/aromatic N) is 4. The standard InChI is InChI=1S/C18H30N6O/c1-13-11-20-23(12-13)9-8-19-16(25)21-15-10-14(17(2,3)4)22-24(15)18(5,6)7/h10-12H,8-9H2,1-7H3,(H2,19,21,25). The molecule has 2 rings (SSSR count). The number of carbonyl (C=O) groups is 1. The lowest BCUT2D eigenvalue weighted by molar-refractivity contribution is 0.251. The van der Waals surface area contributed by atoms with E-state index in [9.17, 15) is 4.79 Å². The van der Waals surface area contributed by atoms with E-state index in [1.54, 1.807) is 6.20 Å². The summed E-state index contributed by atoms with van der Waals surface area (Å²) in [5.74, 6) is 0.699. The summed E-state index contributed by atoms with van der Waals surface area (Å²) in [5.41, 5.74) is 1.75. The molecule has 7 heteroatoms. The van der Waals surface area contributed by atoms with Crippen LogP contribution < -0.4 is 10.6 Å². The summed E-state index contributed by atoms with van der Waals surface area (Å²) in [6, 6.07) is 1.71. The molecule has 0 aromatic carbocycles. The van der Waals surface area contributed by atoms with E-state index in [2.05, 4.69) is 57.3 Å². The Kier molecular flexibility index (Phi) is 5.25. The van der Waals surface area contributed by atoms with Gasteiger partial charge >= 0.3 is 6.03 Å². The average Bonchev–Trinajstić information content (AvgIpc) is 3.04. The first-order chi connectivity index (χ1) is 11.5. The summed E-state index contributed by atoms with van der Waals surface area (Å²) >= 11 is 0. The van der Waals surface area contributed by atoms with Gasteiger partial charge in [-0.15, -0.1) is 0 Å². The zero-order valence-electron chi connectivity index (χ0n) is 16.3. The second kappa shape index (κ2) is 6.90. The lowest BCUT2D eigenvalue weighted by Gasteiger charge is -2.23.